The van der Waals surface area contributed by atoms with E-state index in [4.69, 9.17) is 9.72 Å². The molecule has 1 aromatic carbocycles. The number of thiazole rings is 1. The number of anilines is 1. The molecule has 0 aliphatic carbocycles. The Balaban J connectivity index is 1.58. The number of hydrogen-bond donors (Lipinski definition) is 1. The van der Waals surface area contributed by atoms with E-state index in [-0.39, 0.29) is 17.4 Å². The van der Waals surface area contributed by atoms with Gasteiger partial charge in [0, 0.05) is 35.8 Å². The summed E-state index contributed by atoms with van der Waals surface area (Å²) in [7, 11) is 1.59. The fraction of sp³-hybridized carbons (Fsp3) is 0.429. The van der Waals surface area contributed by atoms with Gasteiger partial charge in [0.15, 0.2) is 5.13 Å². The standard InChI is InChI=1S/C21H25N3O2S/c1-21(2,3)18-14-27-20(23-18)24-12-11-16(13-24)22-19(25)10-9-15-7-5-6-8-17(15)26-4/h5-8,14,16H,11-13H2,1-4H3,(H,22,25). The Hall–Kier alpha value is -2.52. The van der Waals surface area contributed by atoms with Crippen molar-refractivity contribution >= 4 is 22.4 Å². The van der Waals surface area contributed by atoms with Crippen LogP contribution in [-0.4, -0.2) is 37.1 Å². The molecule has 2 heterocycles. The number of ether oxygens (including phenoxy) is 1. The van der Waals surface area contributed by atoms with Crippen molar-refractivity contribution in [1.82, 2.24) is 10.3 Å². The highest BCUT2D eigenvalue weighted by molar-refractivity contribution is 7.13. The van der Waals surface area contributed by atoms with E-state index in [0.717, 1.165) is 30.3 Å². The molecule has 1 atom stereocenters. The lowest BCUT2D eigenvalue weighted by Crippen LogP contribution is -2.36. The van der Waals surface area contributed by atoms with Crippen LogP contribution >= 0.6 is 11.3 Å². The fourth-order valence-corrected chi connectivity index (χ4v) is 3.99. The lowest BCUT2D eigenvalue weighted by molar-refractivity contribution is -0.116. The summed E-state index contributed by atoms with van der Waals surface area (Å²) in [5.74, 6) is 5.97. The number of benzene rings is 1. The monoisotopic (exact) mass is 383 g/mol. The molecule has 2 aromatic rings. The van der Waals surface area contributed by atoms with Gasteiger partial charge in [-0.1, -0.05) is 38.8 Å². The number of carbonyl (C=O) groups excluding carboxylic acids is 1. The van der Waals surface area contributed by atoms with E-state index in [1.165, 1.54) is 0 Å². The van der Waals surface area contributed by atoms with Crippen molar-refractivity contribution in [3.63, 3.8) is 0 Å². The number of nitrogens with one attached hydrogen (secondary N) is 1. The third-order valence-electron chi connectivity index (χ3n) is 4.47. The SMILES string of the molecule is COc1ccccc1C#CC(=O)NC1CCN(c2nc(C(C)(C)C)cs2)C1. The zero-order chi connectivity index (χ0) is 19.4. The molecular weight excluding hydrogens is 358 g/mol. The Kier molecular flexibility index (Phi) is 5.71. The molecule has 6 heteroatoms. The van der Waals surface area contributed by atoms with Crippen LogP contribution < -0.4 is 15.0 Å². The highest BCUT2D eigenvalue weighted by Crippen LogP contribution is 2.30. The number of rotatable bonds is 3. The van der Waals surface area contributed by atoms with E-state index in [2.05, 4.69) is 48.2 Å². The topological polar surface area (TPSA) is 54.5 Å². The maximum absolute atomic E-state index is 12.2. The summed E-state index contributed by atoms with van der Waals surface area (Å²) in [6, 6.07) is 7.51. The normalized spacial score (nSPS) is 16.6. The molecule has 0 bridgehead atoms. The van der Waals surface area contributed by atoms with Crippen LogP contribution in [0.1, 0.15) is 38.4 Å². The molecule has 0 radical (unpaired) electrons. The summed E-state index contributed by atoms with van der Waals surface area (Å²) in [5, 5.41) is 6.15. The Morgan fingerprint density at radius 1 is 1.37 bits per heavy atom. The summed E-state index contributed by atoms with van der Waals surface area (Å²) in [6.45, 7) is 8.15. The molecule has 0 spiro atoms. The minimum atomic E-state index is -0.262. The molecule has 142 valence electrons. The quantitative estimate of drug-likeness (QED) is 0.827. The van der Waals surface area contributed by atoms with E-state index in [0.29, 0.717) is 11.3 Å². The van der Waals surface area contributed by atoms with Crippen molar-refractivity contribution in [2.24, 2.45) is 0 Å². The number of aromatic nitrogens is 1. The van der Waals surface area contributed by atoms with Crippen molar-refractivity contribution in [2.45, 2.75) is 38.6 Å². The summed E-state index contributed by atoms with van der Waals surface area (Å²) < 4.78 is 5.25. The maximum atomic E-state index is 12.2. The van der Waals surface area contributed by atoms with Crippen LogP contribution in [0.2, 0.25) is 0 Å². The van der Waals surface area contributed by atoms with E-state index in [9.17, 15) is 4.79 Å². The van der Waals surface area contributed by atoms with Crippen molar-refractivity contribution in [2.75, 3.05) is 25.1 Å². The van der Waals surface area contributed by atoms with E-state index < -0.39 is 0 Å². The number of methoxy groups -OCH3 is 1. The second-order valence-electron chi connectivity index (χ2n) is 7.62. The number of nitrogens with zero attached hydrogens (tertiary/aromatic N) is 2. The second-order valence-corrected chi connectivity index (χ2v) is 8.46. The van der Waals surface area contributed by atoms with Crippen molar-refractivity contribution in [1.29, 1.82) is 0 Å². The van der Waals surface area contributed by atoms with Gasteiger partial charge in [-0.25, -0.2) is 4.98 Å². The molecular formula is C21H25N3O2S. The van der Waals surface area contributed by atoms with Crippen LogP contribution in [0, 0.1) is 11.8 Å². The lowest BCUT2D eigenvalue weighted by Gasteiger charge is -2.17. The Bertz CT molecular complexity index is 873. The molecule has 1 aromatic heterocycles. The zero-order valence-electron chi connectivity index (χ0n) is 16.2. The number of carbonyl (C=O) groups is 1. The second kappa shape index (κ2) is 8.01. The van der Waals surface area contributed by atoms with E-state index >= 15 is 0 Å². The molecule has 1 aliphatic heterocycles. The molecule has 1 fully saturated rings. The van der Waals surface area contributed by atoms with Crippen LogP contribution in [-0.2, 0) is 10.2 Å². The molecule has 1 saturated heterocycles. The van der Waals surface area contributed by atoms with Crippen molar-refractivity contribution < 1.29 is 9.53 Å². The van der Waals surface area contributed by atoms with Crippen LogP contribution in [0.25, 0.3) is 0 Å². The van der Waals surface area contributed by atoms with E-state index in [1.54, 1.807) is 18.4 Å². The van der Waals surface area contributed by atoms with Gasteiger partial charge in [-0.2, -0.15) is 0 Å². The average Bonchev–Trinajstić information content (AvgIpc) is 3.29. The molecule has 1 unspecified atom stereocenters. The van der Waals surface area contributed by atoms with Gasteiger partial charge in [-0.15, -0.1) is 11.3 Å². The first-order chi connectivity index (χ1) is 12.9. The highest BCUT2D eigenvalue weighted by atomic mass is 32.1. The van der Waals surface area contributed by atoms with E-state index in [1.807, 2.05) is 24.3 Å². The van der Waals surface area contributed by atoms with Gasteiger partial charge in [-0.05, 0) is 18.6 Å². The van der Waals surface area contributed by atoms with Gasteiger partial charge in [0.2, 0.25) is 0 Å². The van der Waals surface area contributed by atoms with Gasteiger partial charge in [0.05, 0.1) is 18.4 Å². The lowest BCUT2D eigenvalue weighted by atomic mass is 9.93. The predicted molar refractivity (Wildman–Crippen MR) is 109 cm³/mol. The number of para-hydroxylation sites is 1. The molecule has 5 nitrogen and oxygen atoms in total. The molecule has 1 aliphatic rings. The van der Waals surface area contributed by atoms with Crippen LogP contribution in [0.3, 0.4) is 0 Å². The van der Waals surface area contributed by atoms with Gasteiger partial charge in [0.25, 0.3) is 5.91 Å². The maximum Gasteiger partial charge on any atom is 0.296 e. The predicted octanol–water partition coefficient (Wildman–Crippen LogP) is 3.20. The van der Waals surface area contributed by atoms with Gasteiger partial charge >= 0.3 is 0 Å². The Labute approximate surface area is 164 Å². The smallest absolute Gasteiger partial charge is 0.296 e. The first kappa shape index (κ1) is 19.2. The summed E-state index contributed by atoms with van der Waals surface area (Å²) in [4.78, 5) is 19.2. The molecule has 0 saturated carbocycles. The largest absolute Gasteiger partial charge is 0.495 e. The first-order valence-electron chi connectivity index (χ1n) is 9.03. The summed E-state index contributed by atoms with van der Waals surface area (Å²) in [5.41, 5.74) is 1.87. The van der Waals surface area contributed by atoms with Crippen LogP contribution in [0.4, 0.5) is 5.13 Å². The highest BCUT2D eigenvalue weighted by Gasteiger charge is 2.27. The zero-order valence-corrected chi connectivity index (χ0v) is 17.0. The minimum Gasteiger partial charge on any atom is -0.495 e. The molecule has 3 rings (SSSR count). The van der Waals surface area contributed by atoms with Gasteiger partial charge in [-0.3, -0.25) is 4.79 Å². The van der Waals surface area contributed by atoms with Crippen LogP contribution in [0.15, 0.2) is 29.6 Å². The summed E-state index contributed by atoms with van der Waals surface area (Å²) >= 11 is 1.67. The van der Waals surface area contributed by atoms with Gasteiger partial charge in [0.1, 0.15) is 5.75 Å². The third-order valence-corrected chi connectivity index (χ3v) is 5.37. The first-order valence-corrected chi connectivity index (χ1v) is 9.91. The van der Waals surface area contributed by atoms with Crippen molar-refractivity contribution in [3.8, 4) is 17.6 Å². The number of amides is 1. The minimum absolute atomic E-state index is 0.0518. The van der Waals surface area contributed by atoms with Crippen molar-refractivity contribution in [3.05, 3.63) is 40.9 Å². The van der Waals surface area contributed by atoms with Gasteiger partial charge < -0.3 is 15.0 Å². The molecule has 1 amide bonds. The Morgan fingerprint density at radius 3 is 2.85 bits per heavy atom. The summed E-state index contributed by atoms with van der Waals surface area (Å²) in [6.07, 6.45) is 0.895. The number of hydrogen-bond acceptors (Lipinski definition) is 5. The molecule has 1 N–H and O–H groups in total. The molecule has 27 heavy (non-hydrogen) atoms. The Morgan fingerprint density at radius 2 is 2.15 bits per heavy atom. The van der Waals surface area contributed by atoms with Crippen LogP contribution in [0.5, 0.6) is 5.75 Å². The third kappa shape index (κ3) is 4.81. The average molecular weight is 384 g/mol. The fourth-order valence-electron chi connectivity index (χ4n) is 2.90.